The summed E-state index contributed by atoms with van der Waals surface area (Å²) in [5.74, 6) is 0. The van der Waals surface area contributed by atoms with E-state index in [0.717, 1.165) is 13.1 Å². The molecule has 2 N–H and O–H groups in total. The van der Waals surface area contributed by atoms with Crippen molar-refractivity contribution in [1.82, 2.24) is 4.90 Å². The van der Waals surface area contributed by atoms with Crippen LogP contribution in [0.5, 0.6) is 0 Å². The molecular formula is C16H26N2. The van der Waals surface area contributed by atoms with Crippen molar-refractivity contribution in [2.75, 3.05) is 6.54 Å². The van der Waals surface area contributed by atoms with Crippen molar-refractivity contribution in [3.8, 4) is 0 Å². The van der Waals surface area contributed by atoms with E-state index in [1.54, 1.807) is 0 Å². The number of nitrogens with zero attached hydrogens (tertiary/aromatic N) is 1. The van der Waals surface area contributed by atoms with Gasteiger partial charge in [0, 0.05) is 25.2 Å². The molecule has 1 aliphatic heterocycles. The third kappa shape index (κ3) is 2.76. The Morgan fingerprint density at radius 1 is 1.22 bits per heavy atom. The first-order chi connectivity index (χ1) is 8.63. The van der Waals surface area contributed by atoms with Crippen LogP contribution in [-0.4, -0.2) is 23.5 Å². The maximum absolute atomic E-state index is 5.94. The lowest BCUT2D eigenvalue weighted by molar-refractivity contribution is 0.0888. The van der Waals surface area contributed by atoms with Crippen molar-refractivity contribution >= 4 is 0 Å². The smallest absolute Gasteiger partial charge is 0.0245 e. The fourth-order valence-electron chi connectivity index (χ4n) is 3.16. The van der Waals surface area contributed by atoms with Crippen LogP contribution in [0.2, 0.25) is 0 Å². The zero-order valence-electron chi connectivity index (χ0n) is 11.9. The van der Waals surface area contributed by atoms with E-state index >= 15 is 0 Å². The van der Waals surface area contributed by atoms with Crippen molar-refractivity contribution in [2.45, 2.75) is 58.7 Å². The lowest BCUT2D eigenvalue weighted by Gasteiger charge is -2.40. The third-order valence-corrected chi connectivity index (χ3v) is 4.45. The second kappa shape index (κ2) is 5.85. The van der Waals surface area contributed by atoms with Gasteiger partial charge in [-0.05, 0) is 50.3 Å². The fourth-order valence-corrected chi connectivity index (χ4v) is 3.16. The van der Waals surface area contributed by atoms with E-state index in [1.165, 1.54) is 36.0 Å². The van der Waals surface area contributed by atoms with Gasteiger partial charge < -0.3 is 5.73 Å². The molecule has 0 bridgehead atoms. The van der Waals surface area contributed by atoms with Crippen LogP contribution in [0.3, 0.4) is 0 Å². The molecule has 0 aliphatic carbocycles. The van der Waals surface area contributed by atoms with Crippen LogP contribution < -0.4 is 5.73 Å². The van der Waals surface area contributed by atoms with Crippen LogP contribution in [0.15, 0.2) is 18.2 Å². The molecule has 2 heteroatoms. The van der Waals surface area contributed by atoms with Crippen molar-refractivity contribution in [3.63, 3.8) is 0 Å². The summed E-state index contributed by atoms with van der Waals surface area (Å²) in [5, 5.41) is 0. The van der Waals surface area contributed by atoms with Gasteiger partial charge in [-0.2, -0.15) is 0 Å². The van der Waals surface area contributed by atoms with Crippen LogP contribution in [0.4, 0.5) is 0 Å². The van der Waals surface area contributed by atoms with Crippen molar-refractivity contribution < 1.29 is 0 Å². The summed E-state index contributed by atoms with van der Waals surface area (Å²) in [6, 6.07) is 7.80. The Bertz CT molecular complexity index is 380. The first kappa shape index (κ1) is 13.6. The van der Waals surface area contributed by atoms with Gasteiger partial charge in [-0.15, -0.1) is 0 Å². The Morgan fingerprint density at radius 3 is 2.50 bits per heavy atom. The molecule has 1 aliphatic rings. The minimum atomic E-state index is 0.563. The van der Waals surface area contributed by atoms with E-state index in [1.807, 2.05) is 0 Å². The van der Waals surface area contributed by atoms with Crippen LogP contribution in [-0.2, 0) is 6.54 Å². The first-order valence-corrected chi connectivity index (χ1v) is 7.14. The van der Waals surface area contributed by atoms with Gasteiger partial charge in [0.25, 0.3) is 0 Å². The molecular weight excluding hydrogens is 220 g/mol. The van der Waals surface area contributed by atoms with E-state index < -0.39 is 0 Å². The van der Waals surface area contributed by atoms with E-state index in [2.05, 4.69) is 43.9 Å². The van der Waals surface area contributed by atoms with Crippen LogP contribution >= 0.6 is 0 Å². The topological polar surface area (TPSA) is 29.3 Å². The van der Waals surface area contributed by atoms with Gasteiger partial charge in [0.2, 0.25) is 0 Å². The molecule has 18 heavy (non-hydrogen) atoms. The maximum Gasteiger partial charge on any atom is 0.0245 e. The molecule has 0 spiro atoms. The number of piperidine rings is 1. The number of hydrogen-bond acceptors (Lipinski definition) is 2. The molecule has 2 nitrogen and oxygen atoms in total. The largest absolute Gasteiger partial charge is 0.329 e. The second-order valence-electron chi connectivity index (χ2n) is 5.71. The summed E-state index contributed by atoms with van der Waals surface area (Å²) >= 11 is 0. The van der Waals surface area contributed by atoms with Crippen LogP contribution in [0.25, 0.3) is 0 Å². The van der Waals surface area contributed by atoms with Gasteiger partial charge in [0.05, 0.1) is 0 Å². The van der Waals surface area contributed by atoms with Gasteiger partial charge in [0.15, 0.2) is 0 Å². The number of likely N-dealkylation sites (tertiary alicyclic amines) is 1. The summed E-state index contributed by atoms with van der Waals surface area (Å²) in [7, 11) is 0. The average molecular weight is 246 g/mol. The highest BCUT2D eigenvalue weighted by atomic mass is 15.2. The van der Waals surface area contributed by atoms with Crippen LogP contribution in [0.1, 0.15) is 42.9 Å². The van der Waals surface area contributed by atoms with Gasteiger partial charge in [-0.1, -0.05) is 24.6 Å². The van der Waals surface area contributed by atoms with Gasteiger partial charge >= 0.3 is 0 Å². The number of benzene rings is 1. The lowest BCUT2D eigenvalue weighted by Crippen LogP contribution is -2.48. The fraction of sp³-hybridized carbons (Fsp3) is 0.625. The second-order valence-corrected chi connectivity index (χ2v) is 5.71. The molecule has 1 heterocycles. The van der Waals surface area contributed by atoms with Crippen molar-refractivity contribution in [3.05, 3.63) is 34.9 Å². The normalized spacial score (nSPS) is 25.3. The van der Waals surface area contributed by atoms with E-state index in [9.17, 15) is 0 Å². The summed E-state index contributed by atoms with van der Waals surface area (Å²) in [6.45, 7) is 8.62. The predicted octanol–water partition coefficient (Wildman–Crippen LogP) is 3.01. The highest BCUT2D eigenvalue weighted by molar-refractivity contribution is 5.33. The molecule has 1 aromatic carbocycles. The summed E-state index contributed by atoms with van der Waals surface area (Å²) in [4.78, 5) is 2.61. The Kier molecular flexibility index (Phi) is 4.41. The Hall–Kier alpha value is -0.860. The lowest BCUT2D eigenvalue weighted by atomic mass is 9.94. The number of rotatable bonds is 3. The first-order valence-electron chi connectivity index (χ1n) is 7.14. The monoisotopic (exact) mass is 246 g/mol. The molecule has 2 atom stereocenters. The van der Waals surface area contributed by atoms with Gasteiger partial charge in [-0.3, -0.25) is 4.90 Å². The molecule has 0 amide bonds. The zero-order valence-corrected chi connectivity index (χ0v) is 11.9. The molecule has 2 unspecified atom stereocenters. The highest BCUT2D eigenvalue weighted by Gasteiger charge is 2.27. The van der Waals surface area contributed by atoms with Gasteiger partial charge in [-0.25, -0.2) is 0 Å². The minimum Gasteiger partial charge on any atom is -0.329 e. The quantitative estimate of drug-likeness (QED) is 0.888. The van der Waals surface area contributed by atoms with Crippen molar-refractivity contribution in [2.24, 2.45) is 5.73 Å². The molecule has 100 valence electrons. The van der Waals surface area contributed by atoms with E-state index in [4.69, 9.17) is 5.73 Å². The maximum atomic E-state index is 5.94. The van der Waals surface area contributed by atoms with E-state index in [0.29, 0.717) is 12.1 Å². The number of hydrogen-bond donors (Lipinski definition) is 1. The molecule has 0 aromatic heterocycles. The zero-order chi connectivity index (χ0) is 13.1. The number of nitrogens with two attached hydrogens (primary N) is 1. The molecule has 2 rings (SSSR count). The third-order valence-electron chi connectivity index (χ3n) is 4.45. The molecule has 0 saturated carbocycles. The Morgan fingerprint density at radius 2 is 1.89 bits per heavy atom. The predicted molar refractivity (Wildman–Crippen MR) is 77.6 cm³/mol. The Labute approximate surface area is 111 Å². The summed E-state index contributed by atoms with van der Waals surface area (Å²) in [5.41, 5.74) is 10.2. The van der Waals surface area contributed by atoms with Crippen LogP contribution in [0, 0.1) is 13.8 Å². The Balaban J connectivity index is 2.20. The van der Waals surface area contributed by atoms with Gasteiger partial charge in [0.1, 0.15) is 0 Å². The minimum absolute atomic E-state index is 0.563. The van der Waals surface area contributed by atoms with Crippen molar-refractivity contribution in [1.29, 1.82) is 0 Å². The molecule has 1 saturated heterocycles. The molecule has 1 aromatic rings. The molecule has 0 radical (unpaired) electrons. The SMILES string of the molecule is Cc1cccc(C)c1CN1C(C)CCCC1CN. The number of aryl methyl sites for hydroxylation is 2. The highest BCUT2D eigenvalue weighted by Crippen LogP contribution is 2.26. The molecule has 1 fully saturated rings. The summed E-state index contributed by atoms with van der Waals surface area (Å²) in [6.07, 6.45) is 3.89. The summed E-state index contributed by atoms with van der Waals surface area (Å²) < 4.78 is 0. The average Bonchev–Trinajstić information content (AvgIpc) is 2.35. The standard InChI is InChI=1S/C16H26N2/c1-12-6-4-7-13(2)16(12)11-18-14(3)8-5-9-15(18)10-17/h4,6-7,14-15H,5,8-11,17H2,1-3H3. The van der Waals surface area contributed by atoms with E-state index in [-0.39, 0.29) is 0 Å².